The topological polar surface area (TPSA) is 90.2 Å². The molecule has 2 aromatic carbocycles. The van der Waals surface area contributed by atoms with Crippen molar-refractivity contribution in [2.75, 3.05) is 6.54 Å². The van der Waals surface area contributed by atoms with Crippen LogP contribution in [0, 0.1) is 0 Å². The smallest absolute Gasteiger partial charge is 0.338 e. The first-order valence-electron chi connectivity index (χ1n) is 8.01. The van der Waals surface area contributed by atoms with E-state index in [-0.39, 0.29) is 22.9 Å². The molecule has 3 rings (SSSR count). The summed E-state index contributed by atoms with van der Waals surface area (Å²) >= 11 is 4.59. The van der Waals surface area contributed by atoms with Crippen LogP contribution in [0.3, 0.4) is 0 Å². The van der Waals surface area contributed by atoms with Crippen LogP contribution in [0.2, 0.25) is 0 Å². The van der Waals surface area contributed by atoms with E-state index in [0.29, 0.717) is 16.6 Å². The molecule has 0 bridgehead atoms. The number of thioether (sulfide) groups is 1. The van der Waals surface area contributed by atoms with Gasteiger partial charge in [-0.2, -0.15) is 0 Å². The van der Waals surface area contributed by atoms with Crippen LogP contribution in [0.15, 0.2) is 56.8 Å². The number of hydrogen-bond donors (Lipinski definition) is 2. The van der Waals surface area contributed by atoms with E-state index in [4.69, 9.17) is 0 Å². The maximum atomic E-state index is 12.7. The number of likely N-dealkylation sites (N-methyl/N-ethyl adjacent to an activating group) is 1. The number of amidine groups is 1. The molecule has 2 N–H and O–H groups in total. The van der Waals surface area contributed by atoms with E-state index < -0.39 is 5.97 Å². The second-order valence-corrected chi connectivity index (χ2v) is 7.54. The summed E-state index contributed by atoms with van der Waals surface area (Å²) in [4.78, 5) is 30.5. The van der Waals surface area contributed by atoms with Crippen molar-refractivity contribution in [1.82, 2.24) is 4.90 Å². The van der Waals surface area contributed by atoms with Crippen molar-refractivity contribution in [3.63, 3.8) is 0 Å². The molecule has 1 aliphatic rings. The predicted octanol–water partition coefficient (Wildman–Crippen LogP) is 4.48. The van der Waals surface area contributed by atoms with Crippen LogP contribution in [-0.2, 0) is 4.79 Å². The molecule has 0 aliphatic carbocycles. The van der Waals surface area contributed by atoms with E-state index in [2.05, 4.69) is 20.9 Å². The molecule has 138 valence electrons. The van der Waals surface area contributed by atoms with Crippen molar-refractivity contribution in [1.29, 1.82) is 0 Å². The second-order valence-electron chi connectivity index (χ2n) is 5.62. The number of aromatic carboxylic acids is 1. The summed E-state index contributed by atoms with van der Waals surface area (Å²) in [5.41, 5.74) is 0.919. The number of phenolic OH excluding ortho intramolecular Hbond substituents is 1. The van der Waals surface area contributed by atoms with Crippen LogP contribution >= 0.6 is 27.7 Å². The number of halogens is 1. The number of aromatic hydroxyl groups is 1. The lowest BCUT2D eigenvalue weighted by atomic mass is 10.2. The van der Waals surface area contributed by atoms with Gasteiger partial charge >= 0.3 is 5.97 Å². The maximum Gasteiger partial charge on any atom is 0.338 e. The molecule has 1 fully saturated rings. The van der Waals surface area contributed by atoms with Crippen molar-refractivity contribution in [2.45, 2.75) is 6.92 Å². The highest BCUT2D eigenvalue weighted by Crippen LogP contribution is 2.35. The molecular formula is C19H15BrN2O4S. The van der Waals surface area contributed by atoms with Gasteiger partial charge in [0.1, 0.15) is 5.75 Å². The van der Waals surface area contributed by atoms with E-state index in [1.807, 2.05) is 31.2 Å². The lowest BCUT2D eigenvalue weighted by molar-refractivity contribution is -0.122. The van der Waals surface area contributed by atoms with Crippen molar-refractivity contribution in [3.8, 4) is 5.75 Å². The predicted molar refractivity (Wildman–Crippen MR) is 109 cm³/mol. The minimum atomic E-state index is -1.20. The molecular weight excluding hydrogens is 432 g/mol. The number of phenols is 1. The third-order valence-electron chi connectivity index (χ3n) is 3.78. The SMILES string of the molecule is CCN1C(=O)/C(=C/c2cccc(Br)c2)SC1=Nc1ccc(O)cc1C(=O)O. The van der Waals surface area contributed by atoms with Crippen LogP contribution in [-0.4, -0.2) is 38.7 Å². The van der Waals surface area contributed by atoms with Gasteiger partial charge in [0.2, 0.25) is 0 Å². The van der Waals surface area contributed by atoms with Gasteiger partial charge in [0.05, 0.1) is 16.2 Å². The van der Waals surface area contributed by atoms with Crippen molar-refractivity contribution >= 4 is 56.5 Å². The number of amides is 1. The molecule has 0 unspecified atom stereocenters. The Morgan fingerprint density at radius 2 is 2.07 bits per heavy atom. The molecule has 1 amide bonds. The highest BCUT2D eigenvalue weighted by molar-refractivity contribution is 9.10. The highest BCUT2D eigenvalue weighted by Gasteiger charge is 2.32. The summed E-state index contributed by atoms with van der Waals surface area (Å²) in [6.07, 6.45) is 1.78. The van der Waals surface area contributed by atoms with E-state index in [9.17, 15) is 19.8 Å². The number of nitrogens with zero attached hydrogens (tertiary/aromatic N) is 2. The number of carboxylic acid groups (broad SMARTS) is 1. The van der Waals surface area contributed by atoms with Gasteiger partial charge in [0, 0.05) is 11.0 Å². The number of hydrogen-bond acceptors (Lipinski definition) is 5. The Kier molecular flexibility index (Phi) is 5.67. The van der Waals surface area contributed by atoms with Gasteiger partial charge in [-0.25, -0.2) is 9.79 Å². The normalized spacial score (nSPS) is 17.1. The van der Waals surface area contributed by atoms with Gasteiger partial charge < -0.3 is 10.2 Å². The molecule has 8 heteroatoms. The monoisotopic (exact) mass is 446 g/mol. The first-order chi connectivity index (χ1) is 12.9. The number of aliphatic imine (C=N–C) groups is 1. The minimum absolute atomic E-state index is 0.129. The van der Waals surface area contributed by atoms with Crippen molar-refractivity contribution < 1.29 is 19.8 Å². The fourth-order valence-electron chi connectivity index (χ4n) is 2.51. The zero-order chi connectivity index (χ0) is 19.6. The summed E-state index contributed by atoms with van der Waals surface area (Å²) < 4.78 is 0.906. The third-order valence-corrected chi connectivity index (χ3v) is 5.28. The number of rotatable bonds is 4. The quantitative estimate of drug-likeness (QED) is 0.675. The minimum Gasteiger partial charge on any atom is -0.508 e. The standard InChI is InChI=1S/C19H15BrN2O4S/c1-2-22-17(24)16(9-11-4-3-5-12(20)8-11)27-19(22)21-15-7-6-13(23)10-14(15)18(25)26/h3-10,23H,2H2,1H3,(H,25,26)/b16-9-,21-19?. The second kappa shape index (κ2) is 7.98. The summed E-state index contributed by atoms with van der Waals surface area (Å²) in [5.74, 6) is -1.54. The summed E-state index contributed by atoms with van der Waals surface area (Å²) in [6, 6.07) is 11.5. The molecule has 6 nitrogen and oxygen atoms in total. The number of carbonyl (C=O) groups is 2. The summed E-state index contributed by atoms with van der Waals surface area (Å²) in [7, 11) is 0. The van der Waals surface area contributed by atoms with Gasteiger partial charge in [-0.1, -0.05) is 28.1 Å². The van der Waals surface area contributed by atoms with Gasteiger partial charge in [0.25, 0.3) is 5.91 Å². The molecule has 0 aromatic heterocycles. The van der Waals surface area contributed by atoms with Gasteiger partial charge in [-0.15, -0.1) is 0 Å². The average Bonchev–Trinajstić information content (AvgIpc) is 2.91. The molecule has 0 atom stereocenters. The molecule has 0 spiro atoms. The highest BCUT2D eigenvalue weighted by atomic mass is 79.9. The van der Waals surface area contributed by atoms with Gasteiger partial charge in [-0.3, -0.25) is 9.69 Å². The molecule has 2 aromatic rings. The van der Waals surface area contributed by atoms with Crippen LogP contribution in [0.25, 0.3) is 6.08 Å². The van der Waals surface area contributed by atoms with E-state index >= 15 is 0 Å². The first-order valence-corrected chi connectivity index (χ1v) is 9.62. The lowest BCUT2D eigenvalue weighted by Gasteiger charge is -2.12. The van der Waals surface area contributed by atoms with Gasteiger partial charge in [0.15, 0.2) is 5.17 Å². The number of carboxylic acids is 1. The Morgan fingerprint density at radius 3 is 2.74 bits per heavy atom. The van der Waals surface area contributed by atoms with Crippen molar-refractivity contribution in [2.24, 2.45) is 4.99 Å². The Bertz CT molecular complexity index is 987. The lowest BCUT2D eigenvalue weighted by Crippen LogP contribution is -2.28. The van der Waals surface area contributed by atoms with Crippen LogP contribution in [0.4, 0.5) is 5.69 Å². The average molecular weight is 447 g/mol. The van der Waals surface area contributed by atoms with Crippen molar-refractivity contribution in [3.05, 3.63) is 63.0 Å². The first kappa shape index (κ1) is 19.2. The van der Waals surface area contributed by atoms with Crippen LogP contribution in [0.5, 0.6) is 5.75 Å². The molecule has 27 heavy (non-hydrogen) atoms. The van der Waals surface area contributed by atoms with E-state index in [0.717, 1.165) is 16.1 Å². The Hall–Kier alpha value is -2.58. The Morgan fingerprint density at radius 1 is 1.30 bits per heavy atom. The fraction of sp³-hybridized carbons (Fsp3) is 0.105. The largest absolute Gasteiger partial charge is 0.508 e. The zero-order valence-corrected chi connectivity index (χ0v) is 16.6. The maximum absolute atomic E-state index is 12.7. The number of benzene rings is 2. The summed E-state index contributed by atoms with van der Waals surface area (Å²) in [6.45, 7) is 2.23. The third kappa shape index (κ3) is 4.23. The van der Waals surface area contributed by atoms with E-state index in [1.54, 1.807) is 6.08 Å². The molecule has 0 radical (unpaired) electrons. The number of carbonyl (C=O) groups excluding carboxylic acids is 1. The Balaban J connectivity index is 2.01. The fourth-order valence-corrected chi connectivity index (χ4v) is 3.99. The molecule has 1 aliphatic heterocycles. The molecule has 1 heterocycles. The molecule has 0 saturated carbocycles. The van der Waals surface area contributed by atoms with Gasteiger partial charge in [-0.05, 0) is 60.7 Å². The molecule has 1 saturated heterocycles. The Labute approximate surface area is 168 Å². The summed E-state index contributed by atoms with van der Waals surface area (Å²) in [5, 5.41) is 19.2. The van der Waals surface area contributed by atoms with Crippen LogP contribution in [0.1, 0.15) is 22.8 Å². The zero-order valence-electron chi connectivity index (χ0n) is 14.2. The van der Waals surface area contributed by atoms with E-state index in [1.165, 1.54) is 28.8 Å². The van der Waals surface area contributed by atoms with Crippen LogP contribution < -0.4 is 0 Å².